The number of nitrogens with zero attached hydrogens (tertiary/aromatic N) is 2. The average molecular weight is 482 g/mol. The molecular formula is C26H22ClF2N3O2. The van der Waals surface area contributed by atoms with Gasteiger partial charge in [0, 0.05) is 29.8 Å². The highest BCUT2D eigenvalue weighted by atomic mass is 35.5. The van der Waals surface area contributed by atoms with E-state index in [0.29, 0.717) is 27.9 Å². The van der Waals surface area contributed by atoms with Gasteiger partial charge >= 0.3 is 0 Å². The van der Waals surface area contributed by atoms with E-state index in [1.807, 2.05) is 19.1 Å². The van der Waals surface area contributed by atoms with Crippen molar-refractivity contribution in [2.24, 2.45) is 0 Å². The Hall–Kier alpha value is -3.29. The highest BCUT2D eigenvalue weighted by Crippen LogP contribution is 2.38. The molecule has 1 aliphatic heterocycles. The topological polar surface area (TPSA) is 60.1 Å². The second-order valence-electron chi connectivity index (χ2n) is 8.41. The molecule has 0 radical (unpaired) electrons. The first-order valence-electron chi connectivity index (χ1n) is 11.1. The molecule has 5 nitrogen and oxygen atoms in total. The first-order valence-corrected chi connectivity index (χ1v) is 11.5. The van der Waals surface area contributed by atoms with Gasteiger partial charge in [0.15, 0.2) is 11.7 Å². The lowest BCUT2D eigenvalue weighted by Crippen LogP contribution is -2.26. The lowest BCUT2D eigenvalue weighted by molar-refractivity contribution is 0.378. The predicted molar refractivity (Wildman–Crippen MR) is 127 cm³/mol. The fraction of sp³-hybridized carbons (Fsp3) is 0.231. The minimum atomic E-state index is -0.746. The van der Waals surface area contributed by atoms with Gasteiger partial charge in [-0.15, -0.1) is 0 Å². The summed E-state index contributed by atoms with van der Waals surface area (Å²) in [5, 5.41) is 3.74. The minimum absolute atomic E-state index is 0.0778. The van der Waals surface area contributed by atoms with Crippen LogP contribution in [-0.4, -0.2) is 22.6 Å². The predicted octanol–water partition coefficient (Wildman–Crippen LogP) is 5.87. The van der Waals surface area contributed by atoms with Crippen LogP contribution in [0.3, 0.4) is 0 Å². The number of oxazole rings is 1. The van der Waals surface area contributed by atoms with Gasteiger partial charge in [0.25, 0.3) is 5.56 Å². The lowest BCUT2D eigenvalue weighted by Gasteiger charge is -2.19. The molecule has 2 aromatic heterocycles. The van der Waals surface area contributed by atoms with Crippen molar-refractivity contribution >= 4 is 11.6 Å². The van der Waals surface area contributed by atoms with Crippen LogP contribution in [-0.2, 0) is 0 Å². The summed E-state index contributed by atoms with van der Waals surface area (Å²) in [6, 6.07) is 11.8. The van der Waals surface area contributed by atoms with Gasteiger partial charge in [-0.3, -0.25) is 9.36 Å². The number of rotatable bonds is 4. The Bertz CT molecular complexity index is 1400. The third-order valence-electron chi connectivity index (χ3n) is 6.12. The average Bonchev–Trinajstić information content (AvgIpc) is 3.26. The van der Waals surface area contributed by atoms with Crippen LogP contribution >= 0.6 is 11.6 Å². The highest BCUT2D eigenvalue weighted by molar-refractivity contribution is 6.32. The van der Waals surface area contributed by atoms with Crippen LogP contribution in [0.5, 0.6) is 0 Å². The summed E-state index contributed by atoms with van der Waals surface area (Å²) < 4.78 is 36.0. The molecule has 1 fully saturated rings. The summed E-state index contributed by atoms with van der Waals surface area (Å²) in [6.45, 7) is 3.53. The molecule has 174 valence electrons. The standard InChI is InChI=1S/C26H22ClF2N3O2/c1-15-3-2-4-20(27)24(15)32-14-17(5-8-22(32)33)23-25(19-7-6-18(28)13-21(19)29)34-26(31-23)16-9-11-30-12-10-16/h2-8,13-14,16,30H,9-12H2,1H3. The highest BCUT2D eigenvalue weighted by Gasteiger charge is 2.26. The van der Waals surface area contributed by atoms with Crippen molar-refractivity contribution in [3.63, 3.8) is 0 Å². The van der Waals surface area contributed by atoms with Crippen molar-refractivity contribution in [3.8, 4) is 28.3 Å². The van der Waals surface area contributed by atoms with E-state index in [9.17, 15) is 13.6 Å². The molecular weight excluding hydrogens is 460 g/mol. The zero-order chi connectivity index (χ0) is 23.8. The molecule has 4 aromatic rings. The number of pyridine rings is 1. The second kappa shape index (κ2) is 9.16. The molecule has 1 saturated heterocycles. The number of piperidine rings is 1. The van der Waals surface area contributed by atoms with E-state index >= 15 is 0 Å². The van der Waals surface area contributed by atoms with E-state index in [1.54, 1.807) is 18.3 Å². The maximum Gasteiger partial charge on any atom is 0.255 e. The minimum Gasteiger partial charge on any atom is -0.440 e. The Labute approximate surface area is 200 Å². The molecule has 5 rings (SSSR count). The van der Waals surface area contributed by atoms with Gasteiger partial charge in [0.05, 0.1) is 16.3 Å². The van der Waals surface area contributed by atoms with Crippen molar-refractivity contribution in [1.82, 2.24) is 14.9 Å². The van der Waals surface area contributed by atoms with Crippen molar-refractivity contribution in [2.45, 2.75) is 25.7 Å². The third-order valence-corrected chi connectivity index (χ3v) is 6.43. The fourth-order valence-corrected chi connectivity index (χ4v) is 4.67. The number of benzene rings is 2. The molecule has 0 atom stereocenters. The number of hydrogen-bond donors (Lipinski definition) is 1. The number of aromatic nitrogens is 2. The lowest BCUT2D eigenvalue weighted by atomic mass is 9.98. The van der Waals surface area contributed by atoms with Crippen molar-refractivity contribution < 1.29 is 13.2 Å². The van der Waals surface area contributed by atoms with E-state index in [4.69, 9.17) is 21.0 Å². The Balaban J connectivity index is 1.70. The summed E-state index contributed by atoms with van der Waals surface area (Å²) in [6.07, 6.45) is 3.30. The molecule has 3 heterocycles. The molecule has 0 amide bonds. The normalized spacial score (nSPS) is 14.5. The molecule has 0 saturated carbocycles. The molecule has 34 heavy (non-hydrogen) atoms. The second-order valence-corrected chi connectivity index (χ2v) is 8.82. The van der Waals surface area contributed by atoms with E-state index < -0.39 is 11.6 Å². The van der Waals surface area contributed by atoms with Crippen LogP contribution in [0.2, 0.25) is 5.02 Å². The number of halogens is 3. The van der Waals surface area contributed by atoms with Gasteiger partial charge in [0.2, 0.25) is 0 Å². The maximum absolute atomic E-state index is 14.8. The van der Waals surface area contributed by atoms with Crippen molar-refractivity contribution in [3.05, 3.63) is 93.2 Å². The zero-order valence-corrected chi connectivity index (χ0v) is 19.2. The fourth-order valence-electron chi connectivity index (χ4n) is 4.36. The van der Waals surface area contributed by atoms with Crippen LogP contribution in [0, 0.1) is 18.6 Å². The molecule has 2 aromatic carbocycles. The van der Waals surface area contributed by atoms with Gasteiger partial charge < -0.3 is 9.73 Å². The summed E-state index contributed by atoms with van der Waals surface area (Å²) in [4.78, 5) is 17.5. The van der Waals surface area contributed by atoms with Crippen molar-refractivity contribution in [2.75, 3.05) is 13.1 Å². The number of hydrogen-bond acceptors (Lipinski definition) is 4. The maximum atomic E-state index is 14.8. The van der Waals surface area contributed by atoms with Gasteiger partial charge in [-0.1, -0.05) is 23.7 Å². The van der Waals surface area contributed by atoms with Crippen LogP contribution in [0.1, 0.15) is 30.2 Å². The van der Waals surface area contributed by atoms with Crippen LogP contribution in [0.25, 0.3) is 28.3 Å². The first-order chi connectivity index (χ1) is 16.4. The van der Waals surface area contributed by atoms with Gasteiger partial charge in [0.1, 0.15) is 17.3 Å². The van der Waals surface area contributed by atoms with E-state index in [0.717, 1.165) is 37.6 Å². The smallest absolute Gasteiger partial charge is 0.255 e. The molecule has 0 aliphatic carbocycles. The summed E-state index contributed by atoms with van der Waals surface area (Å²) in [5.41, 5.74) is 2.17. The van der Waals surface area contributed by atoms with E-state index in [1.165, 1.54) is 22.8 Å². The van der Waals surface area contributed by atoms with Crippen LogP contribution < -0.4 is 10.9 Å². The molecule has 0 spiro atoms. The summed E-state index contributed by atoms with van der Waals surface area (Å²) >= 11 is 6.42. The first kappa shape index (κ1) is 22.5. The Morgan fingerprint density at radius 1 is 1.12 bits per heavy atom. The summed E-state index contributed by atoms with van der Waals surface area (Å²) in [5.74, 6) is -0.642. The van der Waals surface area contributed by atoms with Crippen LogP contribution in [0.4, 0.5) is 8.78 Å². The number of aryl methyl sites for hydroxylation is 1. The van der Waals surface area contributed by atoms with Crippen LogP contribution in [0.15, 0.2) is 63.9 Å². The largest absolute Gasteiger partial charge is 0.440 e. The molecule has 0 bridgehead atoms. The SMILES string of the molecule is Cc1cccc(Cl)c1-n1cc(-c2nc(C3CCNCC3)oc2-c2ccc(F)cc2F)ccc1=O. The monoisotopic (exact) mass is 481 g/mol. The van der Waals surface area contributed by atoms with E-state index in [-0.39, 0.29) is 22.8 Å². The Kier molecular flexibility index (Phi) is 6.06. The Morgan fingerprint density at radius 3 is 2.65 bits per heavy atom. The molecule has 1 N–H and O–H groups in total. The molecule has 0 unspecified atom stereocenters. The Morgan fingerprint density at radius 2 is 1.91 bits per heavy atom. The van der Waals surface area contributed by atoms with Crippen molar-refractivity contribution in [1.29, 1.82) is 0 Å². The quantitative estimate of drug-likeness (QED) is 0.396. The number of nitrogens with one attached hydrogen (secondary N) is 1. The zero-order valence-electron chi connectivity index (χ0n) is 18.4. The third kappa shape index (κ3) is 4.17. The van der Waals surface area contributed by atoms with Gasteiger partial charge in [-0.2, -0.15) is 0 Å². The molecule has 8 heteroatoms. The van der Waals surface area contributed by atoms with Gasteiger partial charge in [-0.05, 0) is 62.7 Å². The molecule has 1 aliphatic rings. The van der Waals surface area contributed by atoms with E-state index in [2.05, 4.69) is 5.32 Å². The number of para-hydroxylation sites is 1. The summed E-state index contributed by atoms with van der Waals surface area (Å²) in [7, 11) is 0. The van der Waals surface area contributed by atoms with Gasteiger partial charge in [-0.25, -0.2) is 13.8 Å².